The van der Waals surface area contributed by atoms with E-state index < -0.39 is 0 Å². The number of hydrogen-bond acceptors (Lipinski definition) is 7. The Kier molecular flexibility index (Phi) is 4.29. The van der Waals surface area contributed by atoms with E-state index in [0.29, 0.717) is 24.0 Å². The van der Waals surface area contributed by atoms with Gasteiger partial charge in [-0.1, -0.05) is 35.5 Å². The maximum absolute atomic E-state index is 6.03. The smallest absolute Gasteiger partial charge is 0.267 e. The summed E-state index contributed by atoms with van der Waals surface area (Å²) in [6.07, 6.45) is 1.45. The van der Waals surface area contributed by atoms with E-state index in [0.717, 1.165) is 13.1 Å². The molecule has 0 aliphatic carbocycles. The number of rotatable bonds is 4. The number of morpholine rings is 1. The molecule has 1 saturated heterocycles. The van der Waals surface area contributed by atoms with Crippen molar-refractivity contribution in [2.75, 3.05) is 13.1 Å². The highest BCUT2D eigenvalue weighted by Crippen LogP contribution is 2.27. The first kappa shape index (κ1) is 15.9. The number of benzene rings is 1. The third-order valence-corrected chi connectivity index (χ3v) is 4.23. The fraction of sp³-hybridized carbons (Fsp3) is 0.412. The van der Waals surface area contributed by atoms with E-state index in [9.17, 15) is 0 Å². The highest BCUT2D eigenvalue weighted by atomic mass is 16.5. The first-order valence-electron chi connectivity index (χ1n) is 8.29. The standard InChI is InChI=1S/C17H20N6O2/c1-12-9-23(10-13-6-4-3-5-7-13)11-15(24-12)17-20-19-16(25-17)14-8-18-21-22(14)2/h3-8,12,15H,9-11H2,1-2H3/t12-,15-/m1/s1. The fourth-order valence-corrected chi connectivity index (χ4v) is 3.10. The van der Waals surface area contributed by atoms with E-state index in [4.69, 9.17) is 9.15 Å². The van der Waals surface area contributed by atoms with Crippen LogP contribution in [0.15, 0.2) is 40.9 Å². The molecule has 1 aromatic carbocycles. The Bertz CT molecular complexity index is 831. The molecule has 2 aromatic heterocycles. The van der Waals surface area contributed by atoms with Crippen LogP contribution in [0.4, 0.5) is 0 Å². The van der Waals surface area contributed by atoms with Crippen molar-refractivity contribution in [3.63, 3.8) is 0 Å². The lowest BCUT2D eigenvalue weighted by molar-refractivity contribution is -0.0914. The van der Waals surface area contributed by atoms with Crippen LogP contribution in [0.3, 0.4) is 0 Å². The second kappa shape index (κ2) is 6.73. The molecular formula is C17H20N6O2. The Morgan fingerprint density at radius 3 is 2.76 bits per heavy atom. The van der Waals surface area contributed by atoms with Gasteiger partial charge in [-0.15, -0.1) is 15.3 Å². The maximum atomic E-state index is 6.03. The molecule has 0 bridgehead atoms. The molecule has 25 heavy (non-hydrogen) atoms. The highest BCUT2D eigenvalue weighted by Gasteiger charge is 2.30. The van der Waals surface area contributed by atoms with Gasteiger partial charge in [0.15, 0.2) is 0 Å². The van der Waals surface area contributed by atoms with Crippen LogP contribution in [0.1, 0.15) is 24.5 Å². The van der Waals surface area contributed by atoms with E-state index in [1.807, 2.05) is 6.07 Å². The van der Waals surface area contributed by atoms with Gasteiger partial charge in [-0.2, -0.15) is 0 Å². The summed E-state index contributed by atoms with van der Waals surface area (Å²) in [5.74, 6) is 0.889. The van der Waals surface area contributed by atoms with Crippen LogP contribution in [0.5, 0.6) is 0 Å². The summed E-state index contributed by atoms with van der Waals surface area (Å²) in [6, 6.07) is 10.4. The summed E-state index contributed by atoms with van der Waals surface area (Å²) < 4.78 is 13.4. The van der Waals surface area contributed by atoms with Crippen molar-refractivity contribution in [2.24, 2.45) is 7.05 Å². The molecule has 0 unspecified atom stereocenters. The molecule has 4 rings (SSSR count). The van der Waals surface area contributed by atoms with Crippen molar-refractivity contribution in [3.8, 4) is 11.6 Å². The monoisotopic (exact) mass is 340 g/mol. The number of hydrogen-bond donors (Lipinski definition) is 0. The Balaban J connectivity index is 1.50. The number of nitrogens with zero attached hydrogens (tertiary/aromatic N) is 6. The van der Waals surface area contributed by atoms with Crippen molar-refractivity contribution in [3.05, 3.63) is 48.0 Å². The second-order valence-corrected chi connectivity index (χ2v) is 6.30. The van der Waals surface area contributed by atoms with Crippen LogP contribution in [0.25, 0.3) is 11.6 Å². The lowest BCUT2D eigenvalue weighted by Gasteiger charge is -2.35. The average molecular weight is 340 g/mol. The lowest BCUT2D eigenvalue weighted by Crippen LogP contribution is -2.42. The molecule has 3 heterocycles. The molecule has 130 valence electrons. The van der Waals surface area contributed by atoms with Crippen LogP contribution in [0, 0.1) is 0 Å². The highest BCUT2D eigenvalue weighted by molar-refractivity contribution is 5.43. The molecule has 0 saturated carbocycles. The van der Waals surface area contributed by atoms with Crippen LogP contribution in [-0.2, 0) is 18.3 Å². The molecular weight excluding hydrogens is 320 g/mol. The van der Waals surface area contributed by atoms with Gasteiger partial charge in [0.2, 0.25) is 5.89 Å². The largest absolute Gasteiger partial charge is 0.416 e. The van der Waals surface area contributed by atoms with Crippen LogP contribution in [-0.4, -0.2) is 49.3 Å². The minimum absolute atomic E-state index is 0.0937. The van der Waals surface area contributed by atoms with Gasteiger partial charge in [-0.05, 0) is 12.5 Å². The molecule has 0 N–H and O–H groups in total. The van der Waals surface area contributed by atoms with Gasteiger partial charge in [0.05, 0.1) is 12.3 Å². The zero-order valence-corrected chi connectivity index (χ0v) is 14.2. The zero-order valence-electron chi connectivity index (χ0n) is 14.2. The van der Waals surface area contributed by atoms with Crippen molar-refractivity contribution in [1.82, 2.24) is 30.1 Å². The van der Waals surface area contributed by atoms with Gasteiger partial charge in [0, 0.05) is 26.7 Å². The summed E-state index contributed by atoms with van der Waals surface area (Å²) in [6.45, 7) is 4.52. The molecule has 1 aliphatic heterocycles. The Labute approximate surface area is 145 Å². The van der Waals surface area contributed by atoms with Gasteiger partial charge in [-0.25, -0.2) is 4.68 Å². The molecule has 1 fully saturated rings. The summed E-state index contributed by atoms with van der Waals surface area (Å²) >= 11 is 0. The normalized spacial score (nSPS) is 21.5. The van der Waals surface area contributed by atoms with Crippen LogP contribution >= 0.6 is 0 Å². The Morgan fingerprint density at radius 2 is 2.00 bits per heavy atom. The van der Waals surface area contributed by atoms with Gasteiger partial charge in [-0.3, -0.25) is 4.90 Å². The fourth-order valence-electron chi connectivity index (χ4n) is 3.10. The molecule has 0 spiro atoms. The second-order valence-electron chi connectivity index (χ2n) is 6.30. The van der Waals surface area contributed by atoms with Crippen molar-refractivity contribution in [2.45, 2.75) is 25.7 Å². The van der Waals surface area contributed by atoms with E-state index in [2.05, 4.69) is 56.6 Å². The predicted octanol–water partition coefficient (Wildman–Crippen LogP) is 1.83. The summed E-state index contributed by atoms with van der Waals surface area (Å²) in [4.78, 5) is 2.35. The molecule has 2 atom stereocenters. The molecule has 1 aliphatic rings. The summed E-state index contributed by atoms with van der Waals surface area (Å²) in [5.41, 5.74) is 1.96. The maximum Gasteiger partial charge on any atom is 0.267 e. The topological polar surface area (TPSA) is 82.1 Å². The Morgan fingerprint density at radius 1 is 1.16 bits per heavy atom. The van der Waals surface area contributed by atoms with Crippen molar-refractivity contribution in [1.29, 1.82) is 0 Å². The summed E-state index contributed by atoms with van der Waals surface area (Å²) in [5, 5.41) is 16.0. The summed E-state index contributed by atoms with van der Waals surface area (Å²) in [7, 11) is 1.78. The first-order chi connectivity index (χ1) is 12.2. The van der Waals surface area contributed by atoms with Crippen molar-refractivity contribution < 1.29 is 9.15 Å². The lowest BCUT2D eigenvalue weighted by atomic mass is 10.1. The van der Waals surface area contributed by atoms with E-state index >= 15 is 0 Å². The van der Waals surface area contributed by atoms with E-state index in [1.165, 1.54) is 5.56 Å². The number of ether oxygens (including phenoxy) is 1. The minimum atomic E-state index is -0.241. The molecule has 0 amide bonds. The van der Waals surface area contributed by atoms with E-state index in [1.54, 1.807) is 17.9 Å². The van der Waals surface area contributed by atoms with Gasteiger partial charge in [0.25, 0.3) is 5.89 Å². The van der Waals surface area contributed by atoms with Crippen molar-refractivity contribution >= 4 is 0 Å². The SMILES string of the molecule is C[C@@H]1CN(Cc2ccccc2)C[C@H](c2nnc(-c3cnnn3C)o2)O1. The van der Waals surface area contributed by atoms with Crippen LogP contribution < -0.4 is 0 Å². The van der Waals surface area contributed by atoms with Gasteiger partial charge in [0.1, 0.15) is 11.8 Å². The third kappa shape index (κ3) is 3.45. The van der Waals surface area contributed by atoms with E-state index in [-0.39, 0.29) is 12.2 Å². The van der Waals surface area contributed by atoms with Crippen LogP contribution in [0.2, 0.25) is 0 Å². The average Bonchev–Trinajstić information content (AvgIpc) is 3.24. The molecule has 8 nitrogen and oxygen atoms in total. The first-order valence-corrected chi connectivity index (χ1v) is 8.29. The number of aromatic nitrogens is 5. The quantitative estimate of drug-likeness (QED) is 0.716. The predicted molar refractivity (Wildman–Crippen MR) is 89.3 cm³/mol. The Hall–Kier alpha value is -2.58. The van der Waals surface area contributed by atoms with Gasteiger partial charge < -0.3 is 9.15 Å². The molecule has 8 heteroatoms. The zero-order chi connectivity index (χ0) is 17.2. The third-order valence-electron chi connectivity index (χ3n) is 4.23. The van der Waals surface area contributed by atoms with Gasteiger partial charge >= 0.3 is 0 Å². The number of aryl methyl sites for hydroxylation is 1. The molecule has 3 aromatic rings. The minimum Gasteiger partial charge on any atom is -0.416 e. The molecule has 0 radical (unpaired) electrons.